The third-order valence-electron chi connectivity index (χ3n) is 4.49. The van der Waals surface area contributed by atoms with Crippen LogP contribution in [0, 0.1) is 0 Å². The van der Waals surface area contributed by atoms with Crippen molar-refractivity contribution in [1.82, 2.24) is 4.90 Å². The van der Waals surface area contributed by atoms with Gasteiger partial charge in [0.25, 0.3) is 0 Å². The topological polar surface area (TPSA) is 41.6 Å². The Balaban J connectivity index is 1.77. The monoisotopic (exact) mass is 344 g/mol. The summed E-state index contributed by atoms with van der Waals surface area (Å²) in [4.78, 5) is 14.8. The number of carbonyl (C=O) groups is 1. The minimum atomic E-state index is -0.0517. The van der Waals surface area contributed by atoms with Gasteiger partial charge in [-0.25, -0.2) is 0 Å². The molecule has 3 rings (SSSR count). The van der Waals surface area contributed by atoms with Gasteiger partial charge >= 0.3 is 0 Å². The molecule has 1 amide bonds. The van der Waals surface area contributed by atoms with Gasteiger partial charge < -0.3 is 10.1 Å². The van der Waals surface area contributed by atoms with Gasteiger partial charge in [0.2, 0.25) is 5.91 Å². The maximum Gasteiger partial charge on any atom is 0.226 e. The van der Waals surface area contributed by atoms with Gasteiger partial charge in [-0.1, -0.05) is 35.9 Å². The number of ether oxygens (including phenoxy) is 1. The van der Waals surface area contributed by atoms with Gasteiger partial charge in [-0.3, -0.25) is 9.69 Å². The van der Waals surface area contributed by atoms with Crippen LogP contribution in [0.5, 0.6) is 5.75 Å². The van der Waals surface area contributed by atoms with E-state index >= 15 is 0 Å². The van der Waals surface area contributed by atoms with E-state index < -0.39 is 0 Å². The van der Waals surface area contributed by atoms with Crippen LogP contribution in [-0.4, -0.2) is 31.5 Å². The summed E-state index contributed by atoms with van der Waals surface area (Å²) < 4.78 is 5.28. The van der Waals surface area contributed by atoms with Crippen LogP contribution in [0.1, 0.15) is 23.6 Å². The number of methoxy groups -OCH3 is 1. The first-order valence-electron chi connectivity index (χ1n) is 8.00. The molecule has 0 aliphatic carbocycles. The van der Waals surface area contributed by atoms with Crippen molar-refractivity contribution in [2.24, 2.45) is 0 Å². The Kier molecular flexibility index (Phi) is 5.07. The zero-order valence-electron chi connectivity index (χ0n) is 13.9. The van der Waals surface area contributed by atoms with E-state index in [-0.39, 0.29) is 11.9 Å². The second-order valence-corrected chi connectivity index (χ2v) is 6.48. The second-order valence-electron chi connectivity index (χ2n) is 6.04. The molecule has 0 saturated carbocycles. The lowest BCUT2D eigenvalue weighted by Gasteiger charge is -2.34. The number of hydrogen-bond donors (Lipinski definition) is 1. The standard InChI is InChI=1S/C19H21ClN2O2/c1-22-10-9-13-5-3-4-6-15(13)17(22)12-19(23)21-16-11-14(20)7-8-18(16)24-2/h3-8,11,17H,9-10,12H2,1-2H3,(H,21,23). The number of hydrogen-bond acceptors (Lipinski definition) is 3. The molecule has 24 heavy (non-hydrogen) atoms. The van der Waals surface area contributed by atoms with E-state index in [1.807, 2.05) is 6.07 Å². The molecule has 1 aliphatic rings. The lowest BCUT2D eigenvalue weighted by Crippen LogP contribution is -2.34. The summed E-state index contributed by atoms with van der Waals surface area (Å²) in [6, 6.07) is 13.6. The molecule has 4 nitrogen and oxygen atoms in total. The summed E-state index contributed by atoms with van der Waals surface area (Å²) in [5.74, 6) is 0.550. The first-order chi connectivity index (χ1) is 11.6. The Hall–Kier alpha value is -2.04. The molecular weight excluding hydrogens is 324 g/mol. The number of benzene rings is 2. The molecule has 2 aromatic carbocycles. The third kappa shape index (κ3) is 3.55. The molecular formula is C19H21ClN2O2. The highest BCUT2D eigenvalue weighted by Crippen LogP contribution is 2.32. The first-order valence-corrected chi connectivity index (χ1v) is 8.37. The molecule has 5 heteroatoms. The number of rotatable bonds is 4. The fourth-order valence-corrected chi connectivity index (χ4v) is 3.37. The van der Waals surface area contributed by atoms with E-state index in [0.29, 0.717) is 22.9 Å². The van der Waals surface area contributed by atoms with Crippen molar-refractivity contribution in [3.05, 3.63) is 58.6 Å². The molecule has 0 fully saturated rings. The lowest BCUT2D eigenvalue weighted by atomic mass is 9.91. The number of nitrogens with zero attached hydrogens (tertiary/aromatic N) is 1. The predicted molar refractivity (Wildman–Crippen MR) is 96.8 cm³/mol. The van der Waals surface area contributed by atoms with E-state index in [9.17, 15) is 4.79 Å². The Morgan fingerprint density at radius 1 is 1.33 bits per heavy atom. The lowest BCUT2D eigenvalue weighted by molar-refractivity contribution is -0.117. The number of halogens is 1. The van der Waals surface area contributed by atoms with E-state index in [1.54, 1.807) is 25.3 Å². The average molecular weight is 345 g/mol. The largest absolute Gasteiger partial charge is 0.495 e. The number of anilines is 1. The minimum Gasteiger partial charge on any atom is -0.495 e. The van der Waals surface area contributed by atoms with Crippen LogP contribution in [0.4, 0.5) is 5.69 Å². The minimum absolute atomic E-state index is 0.0517. The van der Waals surface area contributed by atoms with Gasteiger partial charge in [0.1, 0.15) is 5.75 Å². The summed E-state index contributed by atoms with van der Waals surface area (Å²) in [5.41, 5.74) is 3.16. The molecule has 2 aromatic rings. The molecule has 1 unspecified atom stereocenters. The van der Waals surface area contributed by atoms with Crippen LogP contribution in [0.2, 0.25) is 5.02 Å². The van der Waals surface area contributed by atoms with Crippen LogP contribution in [0.25, 0.3) is 0 Å². The highest BCUT2D eigenvalue weighted by Gasteiger charge is 2.26. The number of likely N-dealkylation sites (N-methyl/N-ethyl adjacent to an activating group) is 1. The zero-order valence-corrected chi connectivity index (χ0v) is 14.6. The summed E-state index contributed by atoms with van der Waals surface area (Å²) in [7, 11) is 3.64. The highest BCUT2D eigenvalue weighted by atomic mass is 35.5. The maximum absolute atomic E-state index is 12.6. The maximum atomic E-state index is 12.6. The Labute approximate surface area is 147 Å². The fourth-order valence-electron chi connectivity index (χ4n) is 3.20. The molecule has 1 heterocycles. The number of nitrogens with one attached hydrogen (secondary N) is 1. The number of fused-ring (bicyclic) bond motifs is 1. The van der Waals surface area contributed by atoms with E-state index in [2.05, 4.69) is 35.5 Å². The molecule has 126 valence electrons. The summed E-state index contributed by atoms with van der Waals surface area (Å²) in [6.07, 6.45) is 1.41. The molecule has 0 spiro atoms. The molecule has 1 aliphatic heterocycles. The van der Waals surface area contributed by atoms with E-state index in [1.165, 1.54) is 11.1 Å². The SMILES string of the molecule is COc1ccc(Cl)cc1NC(=O)CC1c2ccccc2CCN1C. The zero-order chi connectivity index (χ0) is 17.1. The van der Waals surface area contributed by atoms with Gasteiger partial charge in [-0.15, -0.1) is 0 Å². The van der Waals surface area contributed by atoms with Crippen LogP contribution in [-0.2, 0) is 11.2 Å². The van der Waals surface area contributed by atoms with Gasteiger partial charge in [0, 0.05) is 24.0 Å². The second kappa shape index (κ2) is 7.24. The quantitative estimate of drug-likeness (QED) is 0.914. The predicted octanol–water partition coefficient (Wildman–Crippen LogP) is 3.91. The normalized spacial score (nSPS) is 17.2. The van der Waals surface area contributed by atoms with Crippen LogP contribution in [0.3, 0.4) is 0 Å². The first kappa shape index (κ1) is 16.8. The Morgan fingerprint density at radius 3 is 2.92 bits per heavy atom. The van der Waals surface area contributed by atoms with Crippen molar-refractivity contribution < 1.29 is 9.53 Å². The van der Waals surface area contributed by atoms with Crippen LogP contribution < -0.4 is 10.1 Å². The Bertz CT molecular complexity index is 748. The summed E-state index contributed by atoms with van der Waals surface area (Å²) >= 11 is 6.02. The van der Waals surface area contributed by atoms with Gasteiger partial charge in [0.05, 0.1) is 12.8 Å². The Morgan fingerprint density at radius 2 is 2.12 bits per heavy atom. The fraction of sp³-hybridized carbons (Fsp3) is 0.316. The van der Waals surface area contributed by atoms with Crippen molar-refractivity contribution in [2.45, 2.75) is 18.9 Å². The van der Waals surface area contributed by atoms with E-state index in [0.717, 1.165) is 13.0 Å². The summed E-state index contributed by atoms with van der Waals surface area (Å²) in [5, 5.41) is 3.49. The van der Waals surface area contributed by atoms with Crippen molar-refractivity contribution in [2.75, 3.05) is 26.0 Å². The summed E-state index contributed by atoms with van der Waals surface area (Å²) in [6.45, 7) is 0.954. The number of carbonyl (C=O) groups excluding carboxylic acids is 1. The molecule has 0 aromatic heterocycles. The molecule has 0 radical (unpaired) electrons. The van der Waals surface area contributed by atoms with Gasteiger partial charge in [-0.05, 0) is 42.8 Å². The number of amides is 1. The van der Waals surface area contributed by atoms with Gasteiger partial charge in [-0.2, -0.15) is 0 Å². The van der Waals surface area contributed by atoms with Crippen LogP contribution in [0.15, 0.2) is 42.5 Å². The van der Waals surface area contributed by atoms with Crippen molar-refractivity contribution in [3.63, 3.8) is 0 Å². The molecule has 1 N–H and O–H groups in total. The smallest absolute Gasteiger partial charge is 0.226 e. The average Bonchev–Trinajstić information content (AvgIpc) is 2.58. The van der Waals surface area contributed by atoms with Crippen LogP contribution >= 0.6 is 11.6 Å². The molecule has 0 saturated heterocycles. The van der Waals surface area contributed by atoms with Crippen molar-refractivity contribution >= 4 is 23.2 Å². The molecule has 0 bridgehead atoms. The highest BCUT2D eigenvalue weighted by molar-refractivity contribution is 6.31. The van der Waals surface area contributed by atoms with Crippen molar-refractivity contribution in [1.29, 1.82) is 0 Å². The van der Waals surface area contributed by atoms with E-state index in [4.69, 9.17) is 16.3 Å². The third-order valence-corrected chi connectivity index (χ3v) is 4.73. The van der Waals surface area contributed by atoms with Crippen molar-refractivity contribution in [3.8, 4) is 5.75 Å². The van der Waals surface area contributed by atoms with Gasteiger partial charge in [0.15, 0.2) is 0 Å². The molecule has 1 atom stereocenters.